The maximum Gasteiger partial charge on any atom is 0.293 e. The second-order valence-corrected chi connectivity index (χ2v) is 9.01. The topological polar surface area (TPSA) is 119 Å². The number of rotatable bonds is 7. The number of hydrogen-bond donors (Lipinski definition) is 4. The fraction of sp³-hybridized carbons (Fsp3) is 0.321. The van der Waals surface area contributed by atoms with Crippen molar-refractivity contribution in [3.63, 3.8) is 0 Å². The van der Waals surface area contributed by atoms with E-state index in [4.69, 9.17) is 0 Å². The Bertz CT molecular complexity index is 1310. The second-order valence-electron chi connectivity index (χ2n) is 9.01. The molecule has 2 aromatic carbocycles. The monoisotopic (exact) mass is 486 g/mol. The second kappa shape index (κ2) is 11.7. The molecule has 1 fully saturated rings. The van der Waals surface area contributed by atoms with Gasteiger partial charge < -0.3 is 25.4 Å². The van der Waals surface area contributed by atoms with Crippen molar-refractivity contribution in [3.05, 3.63) is 93.2 Å². The standard InChI is InChI=1S/C28H30N4O4/c1-19(34)32-13-12-25(16-32)29-15-22-6-4-20(5-7-22)2-3-21-8-10-23(11-9-21)24(17-33)14-26-27(35)28(36)31-18-30-26/h4-11,18,24-25,29,33,35H,12-17H2,1H3,(H,30,31,36)/t24-,25-/m1/s1. The first-order chi connectivity index (χ1) is 17.4. The summed E-state index contributed by atoms with van der Waals surface area (Å²) in [5.41, 5.74) is 3.45. The highest BCUT2D eigenvalue weighted by Gasteiger charge is 2.23. The van der Waals surface area contributed by atoms with Gasteiger partial charge in [0.2, 0.25) is 11.7 Å². The number of H-pyrrole nitrogens is 1. The zero-order valence-electron chi connectivity index (χ0n) is 20.2. The van der Waals surface area contributed by atoms with Gasteiger partial charge in [-0.3, -0.25) is 9.59 Å². The summed E-state index contributed by atoms with van der Waals surface area (Å²) in [4.78, 5) is 31.3. The van der Waals surface area contributed by atoms with Crippen molar-refractivity contribution in [2.45, 2.75) is 38.3 Å². The first-order valence-electron chi connectivity index (χ1n) is 12.0. The molecule has 2 heterocycles. The molecule has 1 aliphatic rings. The van der Waals surface area contributed by atoms with E-state index < -0.39 is 11.3 Å². The van der Waals surface area contributed by atoms with E-state index in [1.54, 1.807) is 6.92 Å². The summed E-state index contributed by atoms with van der Waals surface area (Å²) in [5.74, 6) is 5.75. The third kappa shape index (κ3) is 6.39. The van der Waals surface area contributed by atoms with Gasteiger partial charge in [0.05, 0.1) is 18.6 Å². The van der Waals surface area contributed by atoms with Crippen molar-refractivity contribution >= 4 is 5.91 Å². The maximum absolute atomic E-state index is 11.6. The summed E-state index contributed by atoms with van der Waals surface area (Å²) in [6.45, 7) is 3.81. The number of benzene rings is 2. The molecule has 4 rings (SSSR count). The van der Waals surface area contributed by atoms with Crippen LogP contribution < -0.4 is 10.9 Å². The molecular formula is C28H30N4O4. The first-order valence-corrected chi connectivity index (χ1v) is 12.0. The van der Waals surface area contributed by atoms with Gasteiger partial charge in [-0.2, -0.15) is 0 Å². The van der Waals surface area contributed by atoms with Crippen molar-refractivity contribution < 1.29 is 15.0 Å². The number of aromatic hydroxyl groups is 1. The third-order valence-corrected chi connectivity index (χ3v) is 6.48. The summed E-state index contributed by atoms with van der Waals surface area (Å²) in [5, 5.41) is 23.3. The molecule has 1 aliphatic heterocycles. The van der Waals surface area contributed by atoms with Crippen molar-refractivity contribution in [2.75, 3.05) is 19.7 Å². The Morgan fingerprint density at radius 2 is 1.83 bits per heavy atom. The predicted molar refractivity (Wildman–Crippen MR) is 136 cm³/mol. The number of hydrogen-bond acceptors (Lipinski definition) is 6. The fourth-order valence-corrected chi connectivity index (χ4v) is 4.26. The van der Waals surface area contributed by atoms with E-state index in [2.05, 4.69) is 39.3 Å². The van der Waals surface area contributed by atoms with E-state index in [0.29, 0.717) is 6.04 Å². The Hall–Kier alpha value is -3.93. The molecule has 4 N–H and O–H groups in total. The van der Waals surface area contributed by atoms with Crippen molar-refractivity contribution in [1.82, 2.24) is 20.2 Å². The summed E-state index contributed by atoms with van der Waals surface area (Å²) < 4.78 is 0. The number of nitrogens with zero attached hydrogens (tertiary/aromatic N) is 2. The van der Waals surface area contributed by atoms with E-state index in [-0.39, 0.29) is 30.5 Å². The molecule has 0 unspecified atom stereocenters. The van der Waals surface area contributed by atoms with Gasteiger partial charge in [0.15, 0.2) is 0 Å². The zero-order chi connectivity index (χ0) is 25.5. The zero-order valence-corrected chi connectivity index (χ0v) is 20.2. The number of carbonyl (C=O) groups excluding carboxylic acids is 1. The molecule has 186 valence electrons. The maximum atomic E-state index is 11.6. The van der Waals surface area contributed by atoms with Crippen LogP contribution in [0.2, 0.25) is 0 Å². The quantitative estimate of drug-likeness (QED) is 0.379. The Morgan fingerprint density at radius 3 is 2.44 bits per heavy atom. The van der Waals surface area contributed by atoms with Crippen LogP contribution in [0.15, 0.2) is 59.7 Å². The number of aliphatic hydroxyl groups excluding tert-OH is 1. The highest BCUT2D eigenvalue weighted by molar-refractivity contribution is 5.73. The smallest absolute Gasteiger partial charge is 0.293 e. The van der Waals surface area contributed by atoms with Crippen molar-refractivity contribution in [3.8, 4) is 17.6 Å². The lowest BCUT2D eigenvalue weighted by molar-refractivity contribution is -0.127. The highest BCUT2D eigenvalue weighted by Crippen LogP contribution is 2.22. The fourth-order valence-electron chi connectivity index (χ4n) is 4.26. The van der Waals surface area contributed by atoms with E-state index >= 15 is 0 Å². The average molecular weight is 487 g/mol. The van der Waals surface area contributed by atoms with Crippen LogP contribution in [-0.2, 0) is 17.8 Å². The van der Waals surface area contributed by atoms with Crippen LogP contribution in [0, 0.1) is 11.8 Å². The SMILES string of the molecule is CC(=O)N1CC[C@@H](NCc2ccc(C#Cc3ccc([C@@H](CO)Cc4nc[nH]c(=O)c4O)cc3)cc2)C1. The molecule has 0 bridgehead atoms. The number of carbonyl (C=O) groups is 1. The molecule has 8 nitrogen and oxygen atoms in total. The molecule has 36 heavy (non-hydrogen) atoms. The van der Waals surface area contributed by atoms with Gasteiger partial charge in [0.1, 0.15) is 0 Å². The molecule has 8 heteroatoms. The number of aromatic nitrogens is 2. The van der Waals surface area contributed by atoms with Crippen LogP contribution in [0.1, 0.15) is 47.2 Å². The van der Waals surface area contributed by atoms with Gasteiger partial charge >= 0.3 is 0 Å². The number of nitrogens with one attached hydrogen (secondary N) is 2. The molecule has 1 amide bonds. The molecule has 0 saturated carbocycles. The predicted octanol–water partition coefficient (Wildman–Crippen LogP) is 1.90. The highest BCUT2D eigenvalue weighted by atomic mass is 16.3. The normalized spacial score (nSPS) is 15.8. The van der Waals surface area contributed by atoms with Crippen LogP contribution in [0.3, 0.4) is 0 Å². The molecule has 3 aromatic rings. The molecule has 1 aromatic heterocycles. The molecule has 0 spiro atoms. The minimum Gasteiger partial charge on any atom is -0.502 e. The average Bonchev–Trinajstić information content (AvgIpc) is 3.38. The summed E-state index contributed by atoms with van der Waals surface area (Å²) >= 11 is 0. The number of aliphatic hydroxyl groups is 1. The van der Waals surface area contributed by atoms with E-state index in [1.165, 1.54) is 11.9 Å². The molecular weight excluding hydrogens is 456 g/mol. The lowest BCUT2D eigenvalue weighted by Crippen LogP contribution is -2.33. The van der Waals surface area contributed by atoms with E-state index in [9.17, 15) is 19.8 Å². The van der Waals surface area contributed by atoms with Gasteiger partial charge in [-0.25, -0.2) is 4.98 Å². The lowest BCUT2D eigenvalue weighted by Gasteiger charge is -2.15. The third-order valence-electron chi connectivity index (χ3n) is 6.48. The van der Waals surface area contributed by atoms with Crippen LogP contribution in [0.4, 0.5) is 0 Å². The van der Waals surface area contributed by atoms with E-state index in [0.717, 1.165) is 42.7 Å². The van der Waals surface area contributed by atoms with Gasteiger partial charge in [0, 0.05) is 56.1 Å². The van der Waals surface area contributed by atoms with Crippen LogP contribution >= 0.6 is 0 Å². The Balaban J connectivity index is 1.33. The van der Waals surface area contributed by atoms with Crippen molar-refractivity contribution in [2.24, 2.45) is 0 Å². The molecule has 2 atom stereocenters. The van der Waals surface area contributed by atoms with Crippen LogP contribution in [-0.4, -0.2) is 56.7 Å². The molecule has 0 radical (unpaired) electrons. The largest absolute Gasteiger partial charge is 0.502 e. The minimum atomic E-state index is -0.596. The first kappa shape index (κ1) is 25.2. The Morgan fingerprint density at radius 1 is 1.17 bits per heavy atom. The lowest BCUT2D eigenvalue weighted by atomic mass is 9.94. The van der Waals surface area contributed by atoms with E-state index in [1.807, 2.05) is 41.3 Å². The number of amides is 1. The molecule has 0 aliphatic carbocycles. The van der Waals surface area contributed by atoms with Gasteiger partial charge in [0.25, 0.3) is 5.56 Å². The number of aromatic amines is 1. The van der Waals surface area contributed by atoms with Crippen LogP contribution in [0.5, 0.6) is 5.75 Å². The Labute approximate surface area is 210 Å². The van der Waals surface area contributed by atoms with Crippen molar-refractivity contribution in [1.29, 1.82) is 0 Å². The Kier molecular flexibility index (Phi) is 8.16. The summed E-state index contributed by atoms with van der Waals surface area (Å²) in [6, 6.07) is 16.0. The summed E-state index contributed by atoms with van der Waals surface area (Å²) in [7, 11) is 0. The summed E-state index contributed by atoms with van der Waals surface area (Å²) in [6.07, 6.45) is 2.47. The van der Waals surface area contributed by atoms with Crippen LogP contribution in [0.25, 0.3) is 0 Å². The number of likely N-dealkylation sites (tertiary alicyclic amines) is 1. The minimum absolute atomic E-state index is 0.132. The van der Waals surface area contributed by atoms with Gasteiger partial charge in [-0.15, -0.1) is 0 Å². The molecule has 1 saturated heterocycles. The van der Waals surface area contributed by atoms with Gasteiger partial charge in [-0.1, -0.05) is 36.1 Å². The van der Waals surface area contributed by atoms with Gasteiger partial charge in [-0.05, 0) is 41.8 Å².